The minimum atomic E-state index is -0.773. The van der Waals surface area contributed by atoms with Crippen molar-refractivity contribution in [3.05, 3.63) is 0 Å². The molecule has 0 saturated carbocycles. The summed E-state index contributed by atoms with van der Waals surface area (Å²) in [6.07, 6.45) is 0.187. The normalized spacial score (nSPS) is 12.6. The van der Waals surface area contributed by atoms with Gasteiger partial charge in [-0.25, -0.2) is 0 Å². The van der Waals surface area contributed by atoms with E-state index < -0.39 is 17.7 Å². The first kappa shape index (κ1) is 11.3. The summed E-state index contributed by atoms with van der Waals surface area (Å²) < 4.78 is 0. The second-order valence-electron chi connectivity index (χ2n) is 2.71. The van der Waals surface area contributed by atoms with Crippen molar-refractivity contribution in [2.45, 2.75) is 32.3 Å². The van der Waals surface area contributed by atoms with E-state index in [1.54, 1.807) is 0 Å². The van der Waals surface area contributed by atoms with Gasteiger partial charge in [-0.05, 0) is 12.8 Å². The molecular formula is C8H14O4. The molecule has 12 heavy (non-hydrogen) atoms. The Balaban J connectivity index is 3.44. The molecule has 0 bridgehead atoms. The van der Waals surface area contributed by atoms with Crippen molar-refractivity contribution < 1.29 is 19.8 Å². The summed E-state index contributed by atoms with van der Waals surface area (Å²) >= 11 is 0. The van der Waals surface area contributed by atoms with Gasteiger partial charge < -0.3 is 10.2 Å². The average molecular weight is 174 g/mol. The third-order valence-corrected chi connectivity index (χ3v) is 1.54. The van der Waals surface area contributed by atoms with Crippen LogP contribution in [-0.4, -0.2) is 34.5 Å². The van der Waals surface area contributed by atoms with Gasteiger partial charge >= 0.3 is 0 Å². The largest absolute Gasteiger partial charge is 0.394 e. The van der Waals surface area contributed by atoms with Crippen LogP contribution in [0.1, 0.15) is 26.2 Å². The molecule has 0 amide bonds. The Labute approximate surface area is 71.2 Å². The summed E-state index contributed by atoms with van der Waals surface area (Å²) in [5, 5.41) is 17.3. The molecule has 0 spiro atoms. The van der Waals surface area contributed by atoms with Crippen LogP contribution in [0.2, 0.25) is 0 Å². The van der Waals surface area contributed by atoms with Crippen LogP contribution in [0.25, 0.3) is 0 Å². The lowest BCUT2D eigenvalue weighted by Crippen LogP contribution is -2.14. The first-order valence-electron chi connectivity index (χ1n) is 3.90. The van der Waals surface area contributed by atoms with Crippen LogP contribution in [0.5, 0.6) is 0 Å². The van der Waals surface area contributed by atoms with Gasteiger partial charge in [0.2, 0.25) is 0 Å². The number of Topliss-reactive ketones (excluding diaryl/α,β-unsaturated/α-hetero) is 2. The van der Waals surface area contributed by atoms with E-state index in [4.69, 9.17) is 10.2 Å². The number of carbonyl (C=O) groups excluding carboxylic acids is 2. The Hall–Kier alpha value is -0.740. The van der Waals surface area contributed by atoms with Crippen LogP contribution < -0.4 is 0 Å². The smallest absolute Gasteiger partial charge is 0.198 e. The second kappa shape index (κ2) is 5.85. The first-order chi connectivity index (χ1) is 5.57. The van der Waals surface area contributed by atoms with Crippen LogP contribution in [-0.2, 0) is 9.59 Å². The van der Waals surface area contributed by atoms with E-state index in [9.17, 15) is 9.59 Å². The van der Waals surface area contributed by atoms with Crippen molar-refractivity contribution in [2.24, 2.45) is 0 Å². The SMILES string of the molecule is CC(=O)C(=O)CCCC(O)CO. The highest BCUT2D eigenvalue weighted by Crippen LogP contribution is 2.01. The monoisotopic (exact) mass is 174 g/mol. The summed E-state index contributed by atoms with van der Waals surface area (Å²) in [5.41, 5.74) is 0. The molecule has 0 aliphatic rings. The van der Waals surface area contributed by atoms with E-state index in [0.29, 0.717) is 12.8 Å². The van der Waals surface area contributed by atoms with Crippen molar-refractivity contribution in [1.29, 1.82) is 0 Å². The van der Waals surface area contributed by atoms with E-state index in [-0.39, 0.29) is 13.0 Å². The average Bonchev–Trinajstić information content (AvgIpc) is 2.03. The molecule has 4 heteroatoms. The van der Waals surface area contributed by atoms with Crippen molar-refractivity contribution in [1.82, 2.24) is 0 Å². The van der Waals surface area contributed by atoms with Gasteiger partial charge in [-0.1, -0.05) is 0 Å². The minimum Gasteiger partial charge on any atom is -0.394 e. The van der Waals surface area contributed by atoms with Crippen LogP contribution >= 0.6 is 0 Å². The Bertz CT molecular complexity index is 164. The van der Waals surface area contributed by atoms with Gasteiger partial charge in [-0.15, -0.1) is 0 Å². The number of rotatable bonds is 6. The van der Waals surface area contributed by atoms with Crippen LogP contribution in [0.15, 0.2) is 0 Å². The molecule has 0 saturated heterocycles. The highest BCUT2D eigenvalue weighted by Gasteiger charge is 2.08. The van der Waals surface area contributed by atoms with Crippen LogP contribution in [0, 0.1) is 0 Å². The third kappa shape index (κ3) is 4.98. The molecule has 0 heterocycles. The molecule has 0 aliphatic heterocycles. The quantitative estimate of drug-likeness (QED) is 0.540. The van der Waals surface area contributed by atoms with Crippen molar-refractivity contribution in [3.63, 3.8) is 0 Å². The van der Waals surface area contributed by atoms with Crippen molar-refractivity contribution in [3.8, 4) is 0 Å². The highest BCUT2D eigenvalue weighted by atomic mass is 16.3. The fourth-order valence-corrected chi connectivity index (χ4v) is 0.766. The highest BCUT2D eigenvalue weighted by molar-refractivity contribution is 6.36. The van der Waals surface area contributed by atoms with Crippen LogP contribution in [0.4, 0.5) is 0 Å². The zero-order valence-electron chi connectivity index (χ0n) is 7.12. The van der Waals surface area contributed by atoms with Crippen molar-refractivity contribution in [2.75, 3.05) is 6.61 Å². The Kier molecular flexibility index (Phi) is 5.49. The van der Waals surface area contributed by atoms with E-state index >= 15 is 0 Å². The molecule has 0 aromatic heterocycles. The molecule has 0 aliphatic carbocycles. The maximum Gasteiger partial charge on any atom is 0.198 e. The molecule has 0 aromatic rings. The number of hydrogen-bond acceptors (Lipinski definition) is 4. The van der Waals surface area contributed by atoms with E-state index in [1.165, 1.54) is 6.92 Å². The fourth-order valence-electron chi connectivity index (χ4n) is 0.766. The van der Waals surface area contributed by atoms with Gasteiger partial charge in [-0.2, -0.15) is 0 Å². The maximum absolute atomic E-state index is 10.7. The summed E-state index contributed by atoms with van der Waals surface area (Å²) in [6.45, 7) is 0.930. The molecular weight excluding hydrogens is 160 g/mol. The standard InChI is InChI=1S/C8H14O4/c1-6(10)8(12)4-2-3-7(11)5-9/h7,9,11H,2-5H2,1H3. The van der Waals surface area contributed by atoms with Crippen LogP contribution in [0.3, 0.4) is 0 Å². The van der Waals surface area contributed by atoms with Gasteiger partial charge in [0.1, 0.15) is 0 Å². The molecule has 1 atom stereocenters. The first-order valence-corrected chi connectivity index (χ1v) is 3.90. The van der Waals surface area contributed by atoms with Gasteiger partial charge in [0.25, 0.3) is 0 Å². The summed E-state index contributed by atoms with van der Waals surface area (Å²) in [5.74, 6) is -0.867. The lowest BCUT2D eigenvalue weighted by Gasteiger charge is -2.04. The molecule has 0 rings (SSSR count). The topological polar surface area (TPSA) is 74.6 Å². The summed E-state index contributed by atoms with van der Waals surface area (Å²) in [6, 6.07) is 0. The van der Waals surface area contributed by atoms with Gasteiger partial charge in [0.05, 0.1) is 12.7 Å². The number of aliphatic hydroxyl groups excluding tert-OH is 2. The molecule has 0 fully saturated rings. The lowest BCUT2D eigenvalue weighted by atomic mass is 10.1. The number of hydrogen-bond donors (Lipinski definition) is 2. The molecule has 70 valence electrons. The molecule has 1 unspecified atom stereocenters. The van der Waals surface area contributed by atoms with Crippen molar-refractivity contribution >= 4 is 11.6 Å². The Morgan fingerprint density at radius 2 is 2.00 bits per heavy atom. The predicted octanol–water partition coefficient (Wildman–Crippen LogP) is -0.332. The van der Waals surface area contributed by atoms with Gasteiger partial charge in [0, 0.05) is 13.3 Å². The molecule has 0 aromatic carbocycles. The predicted molar refractivity (Wildman–Crippen MR) is 42.6 cm³/mol. The summed E-state index contributed by atoms with van der Waals surface area (Å²) in [4.78, 5) is 21.1. The van der Waals surface area contributed by atoms with E-state index in [1.807, 2.05) is 0 Å². The number of aliphatic hydroxyl groups is 2. The van der Waals surface area contributed by atoms with Gasteiger partial charge in [0.15, 0.2) is 11.6 Å². The Morgan fingerprint density at radius 3 is 2.42 bits per heavy atom. The second-order valence-corrected chi connectivity index (χ2v) is 2.71. The third-order valence-electron chi connectivity index (χ3n) is 1.54. The number of carbonyl (C=O) groups is 2. The zero-order valence-corrected chi connectivity index (χ0v) is 7.12. The maximum atomic E-state index is 10.7. The molecule has 2 N–H and O–H groups in total. The summed E-state index contributed by atoms with van der Waals surface area (Å²) in [7, 11) is 0. The molecule has 4 nitrogen and oxygen atoms in total. The minimum absolute atomic E-state index is 0.159. The van der Waals surface area contributed by atoms with Gasteiger partial charge in [-0.3, -0.25) is 9.59 Å². The Morgan fingerprint density at radius 1 is 1.42 bits per heavy atom. The van der Waals surface area contributed by atoms with E-state index in [0.717, 1.165) is 0 Å². The number of ketones is 2. The van der Waals surface area contributed by atoms with E-state index in [2.05, 4.69) is 0 Å². The molecule has 0 radical (unpaired) electrons. The fraction of sp³-hybridized carbons (Fsp3) is 0.750. The lowest BCUT2D eigenvalue weighted by molar-refractivity contribution is -0.135. The zero-order chi connectivity index (χ0) is 9.56.